The molecule has 0 spiro atoms. The molecule has 0 aliphatic carbocycles. The Morgan fingerprint density at radius 3 is 2.50 bits per heavy atom. The van der Waals surface area contributed by atoms with Crippen molar-refractivity contribution < 1.29 is 12.9 Å². The normalized spacial score (nSPS) is 12.0. The van der Waals surface area contributed by atoms with Gasteiger partial charge >= 0.3 is 0 Å². The number of hydrogen-bond donors (Lipinski definition) is 1. The lowest BCUT2D eigenvalue weighted by molar-refractivity contribution is 0.378. The van der Waals surface area contributed by atoms with E-state index in [1.807, 2.05) is 0 Å². The highest BCUT2D eigenvalue weighted by Crippen LogP contribution is 2.20. The molecule has 2 aromatic rings. The van der Waals surface area contributed by atoms with E-state index in [0.29, 0.717) is 17.1 Å². The number of anilines is 1. The van der Waals surface area contributed by atoms with Crippen molar-refractivity contribution in [3.8, 4) is 0 Å². The van der Waals surface area contributed by atoms with Crippen LogP contribution in [0.2, 0.25) is 0 Å². The maximum Gasteiger partial charge on any atom is 0.243 e. The zero-order chi connectivity index (χ0) is 14.9. The fourth-order valence-corrected chi connectivity index (χ4v) is 3.19. The number of nitrogens with two attached hydrogens (primary N) is 1. The van der Waals surface area contributed by atoms with Crippen molar-refractivity contribution in [2.45, 2.75) is 25.3 Å². The zero-order valence-corrected chi connectivity index (χ0v) is 12.4. The second-order valence-corrected chi connectivity index (χ2v) is 6.81. The largest absolute Gasteiger partial charge is 0.399 e. The smallest absolute Gasteiger partial charge is 0.243 e. The molecule has 0 amide bonds. The van der Waals surface area contributed by atoms with E-state index >= 15 is 0 Å². The molecule has 0 bridgehead atoms. The zero-order valence-electron chi connectivity index (χ0n) is 11.6. The van der Waals surface area contributed by atoms with E-state index in [-0.39, 0.29) is 11.4 Å². The second-order valence-electron chi connectivity index (χ2n) is 4.77. The molecule has 1 aromatic heterocycles. The van der Waals surface area contributed by atoms with Gasteiger partial charge in [-0.05, 0) is 37.6 Å². The average molecular weight is 295 g/mol. The lowest BCUT2D eigenvalue weighted by Gasteiger charge is -2.16. The molecule has 0 unspecified atom stereocenters. The minimum Gasteiger partial charge on any atom is -0.399 e. The van der Waals surface area contributed by atoms with Gasteiger partial charge in [0.15, 0.2) is 0 Å². The van der Waals surface area contributed by atoms with Crippen molar-refractivity contribution in [2.24, 2.45) is 0 Å². The van der Waals surface area contributed by atoms with Crippen LogP contribution in [0.5, 0.6) is 0 Å². The van der Waals surface area contributed by atoms with Gasteiger partial charge in [-0.2, -0.15) is 4.31 Å². The first-order chi connectivity index (χ1) is 9.29. The fourth-order valence-electron chi connectivity index (χ4n) is 1.91. The molecule has 0 saturated carbocycles. The summed E-state index contributed by atoms with van der Waals surface area (Å²) < 4.78 is 31.1. The van der Waals surface area contributed by atoms with Crippen molar-refractivity contribution in [1.29, 1.82) is 0 Å². The van der Waals surface area contributed by atoms with Crippen molar-refractivity contribution in [3.05, 3.63) is 41.3 Å². The Balaban J connectivity index is 2.29. The molecule has 0 radical (unpaired) electrons. The van der Waals surface area contributed by atoms with Crippen LogP contribution in [0.4, 0.5) is 5.69 Å². The Morgan fingerprint density at radius 2 is 1.95 bits per heavy atom. The summed E-state index contributed by atoms with van der Waals surface area (Å²) in [5, 5.41) is 3.79. The van der Waals surface area contributed by atoms with E-state index in [2.05, 4.69) is 5.16 Å². The van der Waals surface area contributed by atoms with Crippen LogP contribution in [-0.4, -0.2) is 24.9 Å². The topological polar surface area (TPSA) is 89.4 Å². The van der Waals surface area contributed by atoms with E-state index in [0.717, 1.165) is 5.56 Å². The maximum absolute atomic E-state index is 12.5. The summed E-state index contributed by atoms with van der Waals surface area (Å²) in [6, 6.07) is 6.47. The second kappa shape index (κ2) is 5.26. The Morgan fingerprint density at radius 1 is 1.25 bits per heavy atom. The van der Waals surface area contributed by atoms with Crippen LogP contribution in [0, 0.1) is 13.8 Å². The first kappa shape index (κ1) is 14.5. The number of aryl methyl sites for hydroxylation is 2. The minimum absolute atomic E-state index is 0.146. The first-order valence-electron chi connectivity index (χ1n) is 6.05. The van der Waals surface area contributed by atoms with Crippen LogP contribution < -0.4 is 5.73 Å². The van der Waals surface area contributed by atoms with E-state index in [1.165, 1.54) is 17.4 Å². The molecular formula is C13H17N3O3S. The van der Waals surface area contributed by atoms with Crippen LogP contribution in [0.3, 0.4) is 0 Å². The van der Waals surface area contributed by atoms with Crippen LogP contribution >= 0.6 is 0 Å². The Labute approximate surface area is 118 Å². The van der Waals surface area contributed by atoms with Crippen molar-refractivity contribution in [3.63, 3.8) is 0 Å². The van der Waals surface area contributed by atoms with Gasteiger partial charge in [0.1, 0.15) is 5.76 Å². The van der Waals surface area contributed by atoms with E-state index in [9.17, 15) is 8.42 Å². The SMILES string of the molecule is Cc1cc(N)cc(S(=O)(=O)N(C)Cc2cc(C)on2)c1. The summed E-state index contributed by atoms with van der Waals surface area (Å²) in [6.45, 7) is 3.70. The van der Waals surface area contributed by atoms with Crippen molar-refractivity contribution in [2.75, 3.05) is 12.8 Å². The molecule has 0 aliphatic heterocycles. The van der Waals surface area contributed by atoms with Crippen LogP contribution in [0.15, 0.2) is 33.7 Å². The fraction of sp³-hybridized carbons (Fsp3) is 0.308. The first-order valence-corrected chi connectivity index (χ1v) is 7.49. The van der Waals surface area contributed by atoms with E-state index in [1.54, 1.807) is 32.0 Å². The van der Waals surface area contributed by atoms with E-state index in [4.69, 9.17) is 10.3 Å². The third-order valence-corrected chi connectivity index (χ3v) is 4.62. The van der Waals surface area contributed by atoms with Gasteiger partial charge in [-0.15, -0.1) is 0 Å². The molecule has 108 valence electrons. The van der Waals surface area contributed by atoms with Crippen LogP contribution in [0.1, 0.15) is 17.0 Å². The molecule has 2 N–H and O–H groups in total. The lowest BCUT2D eigenvalue weighted by atomic mass is 10.2. The molecule has 2 rings (SSSR count). The number of nitrogen functional groups attached to an aromatic ring is 1. The minimum atomic E-state index is -3.60. The molecule has 7 heteroatoms. The molecule has 0 fully saturated rings. The van der Waals surface area contributed by atoms with Gasteiger partial charge in [-0.25, -0.2) is 8.42 Å². The quantitative estimate of drug-likeness (QED) is 0.867. The van der Waals surface area contributed by atoms with Gasteiger partial charge in [0.25, 0.3) is 0 Å². The van der Waals surface area contributed by atoms with Gasteiger partial charge in [0.2, 0.25) is 10.0 Å². The third-order valence-electron chi connectivity index (χ3n) is 2.84. The van der Waals surface area contributed by atoms with Gasteiger partial charge in [-0.1, -0.05) is 5.16 Å². The molecule has 1 aromatic carbocycles. The summed E-state index contributed by atoms with van der Waals surface area (Å²) in [5.74, 6) is 0.644. The highest BCUT2D eigenvalue weighted by molar-refractivity contribution is 7.89. The maximum atomic E-state index is 12.5. The number of rotatable bonds is 4. The van der Waals surface area contributed by atoms with Gasteiger partial charge in [0.05, 0.1) is 17.1 Å². The number of nitrogens with zero attached hydrogens (tertiary/aromatic N) is 2. The van der Waals surface area contributed by atoms with Gasteiger partial charge in [-0.3, -0.25) is 0 Å². The lowest BCUT2D eigenvalue weighted by Crippen LogP contribution is -2.26. The highest BCUT2D eigenvalue weighted by atomic mass is 32.2. The highest BCUT2D eigenvalue weighted by Gasteiger charge is 2.22. The molecular weight excluding hydrogens is 278 g/mol. The van der Waals surface area contributed by atoms with Gasteiger partial charge < -0.3 is 10.3 Å². The predicted molar refractivity (Wildman–Crippen MR) is 75.5 cm³/mol. The number of hydrogen-bond acceptors (Lipinski definition) is 5. The van der Waals surface area contributed by atoms with Gasteiger partial charge in [0, 0.05) is 18.8 Å². The number of benzene rings is 1. The van der Waals surface area contributed by atoms with Crippen molar-refractivity contribution >= 4 is 15.7 Å². The standard InChI is InChI=1S/C13H17N3O3S/c1-9-4-11(14)7-13(5-9)20(17,18)16(3)8-12-6-10(2)19-15-12/h4-7H,8,14H2,1-3H3. The molecule has 6 nitrogen and oxygen atoms in total. The molecule has 0 atom stereocenters. The Kier molecular flexibility index (Phi) is 3.82. The number of aromatic nitrogens is 1. The summed E-state index contributed by atoms with van der Waals surface area (Å²) in [6.07, 6.45) is 0. The van der Waals surface area contributed by atoms with Crippen LogP contribution in [0.25, 0.3) is 0 Å². The molecule has 0 saturated heterocycles. The number of sulfonamides is 1. The van der Waals surface area contributed by atoms with E-state index < -0.39 is 10.0 Å². The monoisotopic (exact) mass is 295 g/mol. The summed E-state index contributed by atoms with van der Waals surface area (Å²) >= 11 is 0. The summed E-state index contributed by atoms with van der Waals surface area (Å²) in [5.41, 5.74) is 7.49. The third kappa shape index (κ3) is 3.00. The Hall–Kier alpha value is -1.86. The average Bonchev–Trinajstić information content (AvgIpc) is 2.73. The molecule has 20 heavy (non-hydrogen) atoms. The van der Waals surface area contributed by atoms with Crippen LogP contribution in [-0.2, 0) is 16.6 Å². The predicted octanol–water partition coefficient (Wildman–Crippen LogP) is 1.69. The Bertz CT molecular complexity index is 702. The molecule has 0 aliphatic rings. The van der Waals surface area contributed by atoms with Crippen molar-refractivity contribution in [1.82, 2.24) is 9.46 Å². The summed E-state index contributed by atoms with van der Waals surface area (Å²) in [7, 11) is -2.10. The molecule has 1 heterocycles. The summed E-state index contributed by atoms with van der Waals surface area (Å²) in [4.78, 5) is 0.178.